The monoisotopic (exact) mass is 447 g/mol. The summed E-state index contributed by atoms with van der Waals surface area (Å²) < 4.78 is 5.32. The number of hydrogen-bond acceptors (Lipinski definition) is 4. The summed E-state index contributed by atoms with van der Waals surface area (Å²) in [5.41, 5.74) is 3.78. The highest BCUT2D eigenvalue weighted by molar-refractivity contribution is 6.21. The highest BCUT2D eigenvalue weighted by Crippen LogP contribution is 2.28. The second-order valence-corrected chi connectivity index (χ2v) is 7.53. The molecule has 0 saturated carbocycles. The van der Waals surface area contributed by atoms with Crippen LogP contribution in [0.4, 0.5) is 10.5 Å². The van der Waals surface area contributed by atoms with Gasteiger partial charge in [0.05, 0.1) is 11.4 Å². The van der Waals surface area contributed by atoms with E-state index in [2.05, 4.69) is 10.3 Å². The topological polar surface area (TPSA) is 71.0 Å². The fourth-order valence-electron chi connectivity index (χ4n) is 3.54. The van der Waals surface area contributed by atoms with E-state index in [1.165, 1.54) is 0 Å². The lowest BCUT2D eigenvalue weighted by molar-refractivity contribution is -0.120. The number of fused-ring (bicyclic) bond motifs is 1. The van der Waals surface area contributed by atoms with E-state index in [-0.39, 0.29) is 24.9 Å². The molecule has 0 radical (unpaired) electrons. The molecule has 0 aromatic heterocycles. The Bertz CT molecular complexity index is 1120. The van der Waals surface area contributed by atoms with Crippen molar-refractivity contribution in [2.75, 3.05) is 17.3 Å². The molecule has 0 aliphatic carbocycles. The van der Waals surface area contributed by atoms with Crippen LogP contribution in [-0.4, -0.2) is 36.3 Å². The number of para-hydroxylation sites is 1. The zero-order valence-electron chi connectivity index (χ0n) is 17.3. The van der Waals surface area contributed by atoms with Gasteiger partial charge in [-0.15, -0.1) is 11.6 Å². The number of amides is 2. The van der Waals surface area contributed by atoms with Gasteiger partial charge in [-0.05, 0) is 11.6 Å². The van der Waals surface area contributed by atoms with Crippen LogP contribution in [0.2, 0.25) is 0 Å². The van der Waals surface area contributed by atoms with Crippen LogP contribution in [0.5, 0.6) is 0 Å². The van der Waals surface area contributed by atoms with Crippen LogP contribution in [-0.2, 0) is 16.1 Å². The maximum Gasteiger partial charge on any atom is 0.409 e. The van der Waals surface area contributed by atoms with Crippen molar-refractivity contribution in [3.8, 4) is 0 Å². The molecule has 1 heterocycles. The number of alkyl carbamates (subject to hydrolysis) is 1. The van der Waals surface area contributed by atoms with E-state index in [0.29, 0.717) is 11.4 Å². The van der Waals surface area contributed by atoms with E-state index in [1.54, 1.807) is 4.90 Å². The van der Waals surface area contributed by atoms with Crippen molar-refractivity contribution in [3.63, 3.8) is 0 Å². The standard InChI is InChI=1S/C25H22ClN3O3/c26-15-16-29-21-14-8-7-13-20(21)22(19-11-5-2-6-12-19)27-23(24(29)30)28-25(31)32-17-18-9-3-1-4-10-18/h1-14,23H,15-17H2,(H,28,31)/t23-/m1/s1. The minimum atomic E-state index is -1.15. The van der Waals surface area contributed by atoms with Crippen LogP contribution >= 0.6 is 11.6 Å². The first-order valence-electron chi connectivity index (χ1n) is 10.2. The van der Waals surface area contributed by atoms with Crippen molar-refractivity contribution >= 4 is 35.0 Å². The summed E-state index contributed by atoms with van der Waals surface area (Å²) in [6.07, 6.45) is -1.87. The third kappa shape index (κ3) is 4.81. The molecule has 1 aliphatic heterocycles. The number of alkyl halides is 1. The number of carbonyl (C=O) groups is 2. The summed E-state index contributed by atoms with van der Waals surface area (Å²) in [5, 5.41) is 2.62. The molecular weight excluding hydrogens is 426 g/mol. The Kier molecular flexibility index (Phi) is 6.82. The number of hydrogen-bond donors (Lipinski definition) is 1. The molecule has 3 aromatic rings. The maximum atomic E-state index is 13.4. The Labute approximate surface area is 191 Å². The van der Waals surface area contributed by atoms with E-state index in [0.717, 1.165) is 16.7 Å². The summed E-state index contributed by atoms with van der Waals surface area (Å²) in [6, 6.07) is 26.4. The first kappa shape index (κ1) is 21.6. The lowest BCUT2D eigenvalue weighted by Gasteiger charge is -2.24. The number of nitrogens with one attached hydrogen (secondary N) is 1. The number of ether oxygens (including phenoxy) is 1. The molecule has 4 rings (SSSR count). The van der Waals surface area contributed by atoms with Gasteiger partial charge in [-0.2, -0.15) is 0 Å². The summed E-state index contributed by atoms with van der Waals surface area (Å²) in [7, 11) is 0. The number of nitrogens with zero attached hydrogens (tertiary/aromatic N) is 2. The lowest BCUT2D eigenvalue weighted by Crippen LogP contribution is -2.48. The number of benzene rings is 3. The summed E-state index contributed by atoms with van der Waals surface area (Å²) in [4.78, 5) is 32.1. The van der Waals surface area contributed by atoms with Crippen LogP contribution < -0.4 is 10.2 Å². The Morgan fingerprint density at radius 3 is 2.34 bits per heavy atom. The molecule has 6 nitrogen and oxygen atoms in total. The van der Waals surface area contributed by atoms with Gasteiger partial charge < -0.3 is 9.64 Å². The minimum absolute atomic E-state index is 0.0917. The third-order valence-corrected chi connectivity index (χ3v) is 5.20. The molecule has 1 aliphatic rings. The molecule has 7 heteroatoms. The van der Waals surface area contributed by atoms with Gasteiger partial charge in [0.1, 0.15) is 6.61 Å². The average Bonchev–Trinajstić information content (AvgIpc) is 2.95. The second-order valence-electron chi connectivity index (χ2n) is 7.15. The fourth-order valence-corrected chi connectivity index (χ4v) is 3.71. The molecule has 3 aromatic carbocycles. The van der Waals surface area contributed by atoms with Crippen LogP contribution in [0.1, 0.15) is 16.7 Å². The van der Waals surface area contributed by atoms with Gasteiger partial charge in [-0.1, -0.05) is 78.9 Å². The van der Waals surface area contributed by atoms with Crippen molar-refractivity contribution in [2.45, 2.75) is 12.8 Å². The first-order chi connectivity index (χ1) is 15.7. The van der Waals surface area contributed by atoms with Crippen LogP contribution in [0.3, 0.4) is 0 Å². The van der Waals surface area contributed by atoms with Crippen LogP contribution in [0, 0.1) is 0 Å². The van der Waals surface area contributed by atoms with Gasteiger partial charge in [0.2, 0.25) is 6.17 Å². The van der Waals surface area contributed by atoms with Crippen LogP contribution in [0.25, 0.3) is 0 Å². The van der Waals surface area contributed by atoms with Crippen molar-refractivity contribution < 1.29 is 14.3 Å². The molecule has 1 atom stereocenters. The normalized spacial score (nSPS) is 15.4. The predicted molar refractivity (Wildman–Crippen MR) is 125 cm³/mol. The van der Waals surface area contributed by atoms with Gasteiger partial charge in [0.25, 0.3) is 5.91 Å². The van der Waals surface area contributed by atoms with E-state index in [9.17, 15) is 9.59 Å². The quantitative estimate of drug-likeness (QED) is 0.570. The molecule has 0 bridgehead atoms. The van der Waals surface area contributed by atoms with Crippen molar-refractivity contribution in [2.24, 2.45) is 4.99 Å². The molecule has 0 spiro atoms. The molecule has 0 fully saturated rings. The smallest absolute Gasteiger partial charge is 0.409 e. The largest absolute Gasteiger partial charge is 0.445 e. The third-order valence-electron chi connectivity index (χ3n) is 5.03. The van der Waals surface area contributed by atoms with Gasteiger partial charge in [0, 0.05) is 23.6 Å². The maximum absolute atomic E-state index is 13.4. The molecular formula is C25H22ClN3O3. The highest BCUT2D eigenvalue weighted by atomic mass is 35.5. The van der Waals surface area contributed by atoms with E-state index in [1.807, 2.05) is 84.9 Å². The predicted octanol–water partition coefficient (Wildman–Crippen LogP) is 4.36. The van der Waals surface area contributed by atoms with E-state index >= 15 is 0 Å². The SMILES string of the molecule is O=C(N[C@H]1N=C(c2ccccc2)c2ccccc2N(CCCl)C1=O)OCc1ccccc1. The molecule has 162 valence electrons. The Morgan fingerprint density at radius 2 is 1.62 bits per heavy atom. The second kappa shape index (κ2) is 10.1. The summed E-state index contributed by atoms with van der Waals surface area (Å²) in [5.74, 6) is -0.132. The lowest BCUT2D eigenvalue weighted by atomic mass is 10.0. The van der Waals surface area contributed by atoms with Gasteiger partial charge in [-0.25, -0.2) is 9.79 Å². The van der Waals surface area contributed by atoms with Crippen LogP contribution in [0.15, 0.2) is 89.9 Å². The van der Waals surface area contributed by atoms with Gasteiger partial charge in [-0.3, -0.25) is 10.1 Å². The Balaban J connectivity index is 1.66. The Morgan fingerprint density at radius 1 is 0.969 bits per heavy atom. The zero-order valence-corrected chi connectivity index (χ0v) is 18.0. The molecule has 1 N–H and O–H groups in total. The van der Waals surface area contributed by atoms with Crippen molar-refractivity contribution in [1.29, 1.82) is 0 Å². The minimum Gasteiger partial charge on any atom is -0.445 e. The number of carbonyl (C=O) groups excluding carboxylic acids is 2. The summed E-state index contributed by atoms with van der Waals surface area (Å²) >= 11 is 6.00. The van der Waals surface area contributed by atoms with Gasteiger partial charge in [0.15, 0.2) is 0 Å². The number of benzodiazepines with no additional fused rings is 1. The molecule has 2 amide bonds. The zero-order chi connectivity index (χ0) is 22.3. The van der Waals surface area contributed by atoms with E-state index in [4.69, 9.17) is 16.3 Å². The number of aliphatic imine (C=N–C) groups is 1. The van der Waals surface area contributed by atoms with Crippen molar-refractivity contribution in [1.82, 2.24) is 5.32 Å². The first-order valence-corrected chi connectivity index (χ1v) is 10.8. The number of rotatable bonds is 6. The molecule has 32 heavy (non-hydrogen) atoms. The Hall–Kier alpha value is -3.64. The van der Waals surface area contributed by atoms with Crippen molar-refractivity contribution in [3.05, 3.63) is 102 Å². The van der Waals surface area contributed by atoms with Gasteiger partial charge >= 0.3 is 6.09 Å². The average molecular weight is 448 g/mol. The summed E-state index contributed by atoms with van der Waals surface area (Å²) in [6.45, 7) is 0.376. The highest BCUT2D eigenvalue weighted by Gasteiger charge is 2.33. The molecule has 0 unspecified atom stereocenters. The number of anilines is 1. The number of halogens is 1. The molecule has 0 saturated heterocycles. The van der Waals surface area contributed by atoms with E-state index < -0.39 is 12.3 Å². The fraction of sp³-hybridized carbons (Fsp3) is 0.160.